The highest BCUT2D eigenvalue weighted by molar-refractivity contribution is 6.35. The number of rotatable bonds is 0. The van der Waals surface area contributed by atoms with E-state index in [1.54, 1.807) is 0 Å². The van der Waals surface area contributed by atoms with Crippen LogP contribution in [0.2, 0.25) is 5.02 Å². The lowest BCUT2D eigenvalue weighted by molar-refractivity contribution is 1.36. The molecule has 0 saturated carbocycles. The zero-order valence-corrected chi connectivity index (χ0v) is 9.49. The standard InChI is InChI=1S/C13H9ClN2/c1-8-4-2-6-10-12(8)15-11-7-3-5-9(14)13(11)16-10/h2-7H,1H3. The average molecular weight is 229 g/mol. The Hall–Kier alpha value is -1.67. The molecule has 0 bridgehead atoms. The minimum absolute atomic E-state index is 0.647. The second-order valence-electron chi connectivity index (χ2n) is 3.77. The molecule has 0 N–H and O–H groups in total. The normalized spacial score (nSPS) is 11.1. The van der Waals surface area contributed by atoms with Gasteiger partial charge in [-0.2, -0.15) is 0 Å². The number of hydrogen-bond donors (Lipinski definition) is 0. The maximum atomic E-state index is 6.09. The van der Waals surface area contributed by atoms with E-state index in [1.165, 1.54) is 0 Å². The molecule has 2 aromatic carbocycles. The first-order valence-electron chi connectivity index (χ1n) is 5.07. The first-order chi connectivity index (χ1) is 7.75. The second kappa shape index (κ2) is 3.42. The smallest absolute Gasteiger partial charge is 0.108 e. The lowest BCUT2D eigenvalue weighted by atomic mass is 10.2. The van der Waals surface area contributed by atoms with Crippen molar-refractivity contribution in [1.82, 2.24) is 9.97 Å². The number of aromatic nitrogens is 2. The van der Waals surface area contributed by atoms with Gasteiger partial charge in [0.15, 0.2) is 0 Å². The van der Waals surface area contributed by atoms with Crippen LogP contribution in [-0.4, -0.2) is 9.97 Å². The van der Waals surface area contributed by atoms with Gasteiger partial charge in [0.1, 0.15) is 5.52 Å². The summed E-state index contributed by atoms with van der Waals surface area (Å²) in [5, 5.41) is 0.647. The largest absolute Gasteiger partial charge is 0.244 e. The zero-order valence-electron chi connectivity index (χ0n) is 8.74. The van der Waals surface area contributed by atoms with Crippen molar-refractivity contribution in [3.05, 3.63) is 47.0 Å². The van der Waals surface area contributed by atoms with E-state index in [-0.39, 0.29) is 0 Å². The number of hydrogen-bond acceptors (Lipinski definition) is 2. The van der Waals surface area contributed by atoms with Gasteiger partial charge in [-0.1, -0.05) is 29.8 Å². The number of aryl methyl sites for hydroxylation is 1. The highest BCUT2D eigenvalue weighted by Crippen LogP contribution is 2.23. The summed E-state index contributed by atoms with van der Waals surface area (Å²) in [5.74, 6) is 0. The fraction of sp³-hybridized carbons (Fsp3) is 0.0769. The van der Waals surface area contributed by atoms with E-state index < -0.39 is 0 Å². The molecule has 0 aliphatic heterocycles. The van der Waals surface area contributed by atoms with Gasteiger partial charge in [-0.15, -0.1) is 0 Å². The molecule has 0 amide bonds. The van der Waals surface area contributed by atoms with E-state index in [2.05, 4.69) is 9.97 Å². The van der Waals surface area contributed by atoms with Gasteiger partial charge < -0.3 is 0 Å². The average Bonchev–Trinajstić information content (AvgIpc) is 2.29. The van der Waals surface area contributed by atoms with E-state index in [1.807, 2.05) is 43.3 Å². The third-order valence-corrected chi connectivity index (χ3v) is 2.95. The summed E-state index contributed by atoms with van der Waals surface area (Å²) in [5.41, 5.74) is 4.57. The number of fused-ring (bicyclic) bond motifs is 2. The molecule has 0 aliphatic rings. The van der Waals surface area contributed by atoms with Gasteiger partial charge in [-0.3, -0.25) is 0 Å². The molecule has 0 saturated heterocycles. The van der Waals surface area contributed by atoms with Gasteiger partial charge in [0.25, 0.3) is 0 Å². The summed E-state index contributed by atoms with van der Waals surface area (Å²) < 4.78 is 0. The van der Waals surface area contributed by atoms with Gasteiger partial charge in [-0.05, 0) is 30.7 Å². The molecule has 78 valence electrons. The molecule has 0 radical (unpaired) electrons. The van der Waals surface area contributed by atoms with E-state index in [9.17, 15) is 0 Å². The van der Waals surface area contributed by atoms with Crippen molar-refractivity contribution in [3.8, 4) is 0 Å². The highest BCUT2D eigenvalue weighted by Gasteiger charge is 2.05. The van der Waals surface area contributed by atoms with Crippen molar-refractivity contribution in [2.24, 2.45) is 0 Å². The summed E-state index contributed by atoms with van der Waals surface area (Å²) in [6, 6.07) is 11.6. The maximum Gasteiger partial charge on any atom is 0.108 e. The molecule has 0 unspecified atom stereocenters. The number of para-hydroxylation sites is 2. The molecule has 0 spiro atoms. The number of benzene rings is 2. The van der Waals surface area contributed by atoms with Crippen molar-refractivity contribution in [1.29, 1.82) is 0 Å². The van der Waals surface area contributed by atoms with E-state index in [0.717, 1.165) is 27.6 Å². The van der Waals surface area contributed by atoms with Gasteiger partial charge in [0, 0.05) is 0 Å². The Balaban J connectivity index is 2.54. The third-order valence-electron chi connectivity index (χ3n) is 2.65. The second-order valence-corrected chi connectivity index (χ2v) is 4.18. The molecule has 3 rings (SSSR count). The van der Waals surface area contributed by atoms with Crippen LogP contribution in [0.1, 0.15) is 5.56 Å². The van der Waals surface area contributed by atoms with Crippen LogP contribution in [0.5, 0.6) is 0 Å². The van der Waals surface area contributed by atoms with Gasteiger partial charge in [-0.25, -0.2) is 9.97 Å². The molecular weight excluding hydrogens is 220 g/mol. The molecule has 0 aliphatic carbocycles. The highest BCUT2D eigenvalue weighted by atomic mass is 35.5. The molecule has 3 heteroatoms. The Morgan fingerprint density at radius 3 is 2.31 bits per heavy atom. The van der Waals surface area contributed by atoms with Crippen LogP contribution in [0.4, 0.5) is 0 Å². The number of halogens is 1. The minimum Gasteiger partial charge on any atom is -0.244 e. The monoisotopic (exact) mass is 228 g/mol. The van der Waals surface area contributed by atoms with E-state index in [4.69, 9.17) is 11.6 Å². The fourth-order valence-electron chi connectivity index (χ4n) is 1.82. The predicted molar refractivity (Wildman–Crippen MR) is 66.8 cm³/mol. The molecule has 1 aromatic heterocycles. The molecule has 16 heavy (non-hydrogen) atoms. The number of nitrogens with zero attached hydrogens (tertiary/aromatic N) is 2. The van der Waals surface area contributed by atoms with Crippen molar-refractivity contribution in [2.45, 2.75) is 6.92 Å². The van der Waals surface area contributed by atoms with Crippen LogP contribution in [0.3, 0.4) is 0 Å². The summed E-state index contributed by atoms with van der Waals surface area (Å²) >= 11 is 6.09. The van der Waals surface area contributed by atoms with Crippen LogP contribution in [0, 0.1) is 6.92 Å². The van der Waals surface area contributed by atoms with Gasteiger partial charge >= 0.3 is 0 Å². The van der Waals surface area contributed by atoms with Crippen molar-refractivity contribution < 1.29 is 0 Å². The molecule has 1 heterocycles. The van der Waals surface area contributed by atoms with Crippen LogP contribution < -0.4 is 0 Å². The molecular formula is C13H9ClN2. The summed E-state index contributed by atoms with van der Waals surface area (Å²) in [7, 11) is 0. The van der Waals surface area contributed by atoms with Crippen molar-refractivity contribution in [2.75, 3.05) is 0 Å². The van der Waals surface area contributed by atoms with Crippen LogP contribution in [0.25, 0.3) is 22.1 Å². The van der Waals surface area contributed by atoms with Crippen molar-refractivity contribution >= 4 is 33.7 Å². The first-order valence-corrected chi connectivity index (χ1v) is 5.45. The third kappa shape index (κ3) is 1.34. The Labute approximate surface area is 97.9 Å². The first kappa shape index (κ1) is 9.55. The minimum atomic E-state index is 0.647. The Kier molecular flexibility index (Phi) is 2.04. The molecule has 0 fully saturated rings. The zero-order chi connectivity index (χ0) is 11.1. The Morgan fingerprint density at radius 1 is 0.875 bits per heavy atom. The summed E-state index contributed by atoms with van der Waals surface area (Å²) in [4.78, 5) is 9.13. The summed E-state index contributed by atoms with van der Waals surface area (Å²) in [6.07, 6.45) is 0. The molecule has 0 atom stereocenters. The maximum absolute atomic E-state index is 6.09. The lowest BCUT2D eigenvalue weighted by Gasteiger charge is -2.04. The Morgan fingerprint density at radius 2 is 1.50 bits per heavy atom. The predicted octanol–water partition coefficient (Wildman–Crippen LogP) is 3.74. The quantitative estimate of drug-likeness (QED) is 0.548. The van der Waals surface area contributed by atoms with Gasteiger partial charge in [0.05, 0.1) is 21.6 Å². The lowest BCUT2D eigenvalue weighted by Crippen LogP contribution is -1.89. The van der Waals surface area contributed by atoms with Gasteiger partial charge in [0.2, 0.25) is 0 Å². The molecule has 2 nitrogen and oxygen atoms in total. The van der Waals surface area contributed by atoms with E-state index in [0.29, 0.717) is 5.02 Å². The SMILES string of the molecule is Cc1cccc2nc3c(Cl)cccc3nc12. The summed E-state index contributed by atoms with van der Waals surface area (Å²) in [6.45, 7) is 2.04. The van der Waals surface area contributed by atoms with Crippen LogP contribution >= 0.6 is 11.6 Å². The Bertz CT molecular complexity index is 630. The van der Waals surface area contributed by atoms with Crippen LogP contribution in [-0.2, 0) is 0 Å². The molecule has 3 aromatic rings. The topological polar surface area (TPSA) is 25.8 Å². The van der Waals surface area contributed by atoms with Crippen LogP contribution in [0.15, 0.2) is 36.4 Å². The fourth-order valence-corrected chi connectivity index (χ4v) is 2.04. The van der Waals surface area contributed by atoms with E-state index >= 15 is 0 Å². The van der Waals surface area contributed by atoms with Crippen molar-refractivity contribution in [3.63, 3.8) is 0 Å².